The van der Waals surface area contributed by atoms with Crippen molar-refractivity contribution >= 4 is 29.7 Å². The average Bonchev–Trinajstić information content (AvgIpc) is 3.06. The molecule has 1 saturated heterocycles. The van der Waals surface area contributed by atoms with Gasteiger partial charge in [-0.2, -0.15) is 0 Å². The highest BCUT2D eigenvalue weighted by atomic mass is 16.5. The third-order valence-corrected chi connectivity index (χ3v) is 8.82. The number of carbonyl (C=O) groups excluding carboxylic acids is 3. The van der Waals surface area contributed by atoms with Crippen LogP contribution >= 0.6 is 0 Å². The van der Waals surface area contributed by atoms with Crippen LogP contribution in [0.25, 0.3) is 0 Å². The topological polar surface area (TPSA) is 162 Å². The van der Waals surface area contributed by atoms with Gasteiger partial charge < -0.3 is 30.5 Å². The summed E-state index contributed by atoms with van der Waals surface area (Å²) >= 11 is 0. The SMILES string of the molecule is COc1ccccc1C(=O)NC1CCN(C(=O)[C@H]2CC[C@@](C(=O)NC(C(=O)O)C(=O)O)(c3ccccc3)c3ccccc32)CC1. The molecule has 3 aromatic carbocycles. The molecule has 1 aliphatic carbocycles. The number of nitrogens with zero attached hydrogens (tertiary/aromatic N) is 1. The third-order valence-electron chi connectivity index (χ3n) is 8.82. The number of methoxy groups -OCH3 is 1. The molecule has 2 atom stereocenters. The van der Waals surface area contributed by atoms with Crippen LogP contribution in [0.3, 0.4) is 0 Å². The van der Waals surface area contributed by atoms with Crippen molar-refractivity contribution in [1.82, 2.24) is 15.5 Å². The minimum absolute atomic E-state index is 0.0898. The van der Waals surface area contributed by atoms with E-state index in [1.54, 1.807) is 83.8 Å². The summed E-state index contributed by atoms with van der Waals surface area (Å²) in [4.78, 5) is 66.0. The van der Waals surface area contributed by atoms with Crippen LogP contribution in [0.2, 0.25) is 0 Å². The molecule has 4 N–H and O–H groups in total. The van der Waals surface area contributed by atoms with Gasteiger partial charge >= 0.3 is 11.9 Å². The van der Waals surface area contributed by atoms with Crippen molar-refractivity contribution in [3.05, 3.63) is 101 Å². The van der Waals surface area contributed by atoms with Gasteiger partial charge in [-0.3, -0.25) is 14.4 Å². The lowest BCUT2D eigenvalue weighted by molar-refractivity contribution is -0.153. The van der Waals surface area contributed by atoms with Gasteiger partial charge in [0.1, 0.15) is 5.75 Å². The second kappa shape index (κ2) is 13.2. The van der Waals surface area contributed by atoms with E-state index in [1.165, 1.54) is 7.11 Å². The van der Waals surface area contributed by atoms with Gasteiger partial charge in [-0.05, 0) is 54.5 Å². The highest BCUT2D eigenvalue weighted by Gasteiger charge is 2.50. The van der Waals surface area contributed by atoms with E-state index < -0.39 is 35.2 Å². The molecule has 45 heavy (non-hydrogen) atoms. The van der Waals surface area contributed by atoms with E-state index in [1.807, 2.05) is 0 Å². The number of benzene rings is 3. The molecule has 234 valence electrons. The van der Waals surface area contributed by atoms with E-state index in [0.29, 0.717) is 53.9 Å². The number of ether oxygens (including phenoxy) is 1. The van der Waals surface area contributed by atoms with E-state index in [4.69, 9.17) is 4.74 Å². The maximum atomic E-state index is 14.0. The summed E-state index contributed by atoms with van der Waals surface area (Å²) in [6, 6.07) is 20.6. The Morgan fingerprint density at radius 3 is 2.13 bits per heavy atom. The van der Waals surface area contributed by atoms with Crippen molar-refractivity contribution in [2.45, 2.75) is 49.1 Å². The molecule has 3 aromatic rings. The quantitative estimate of drug-likeness (QED) is 0.268. The van der Waals surface area contributed by atoms with Crippen molar-refractivity contribution in [1.29, 1.82) is 0 Å². The number of carboxylic acids is 2. The largest absolute Gasteiger partial charge is 0.496 e. The zero-order valence-corrected chi connectivity index (χ0v) is 24.8. The van der Waals surface area contributed by atoms with Crippen molar-refractivity contribution < 1.29 is 38.9 Å². The lowest BCUT2D eigenvalue weighted by atomic mass is 9.62. The zero-order valence-electron chi connectivity index (χ0n) is 24.8. The first kappa shape index (κ1) is 31.2. The Labute approximate surface area is 260 Å². The van der Waals surface area contributed by atoms with Crippen LogP contribution in [-0.4, -0.2) is 77.1 Å². The van der Waals surface area contributed by atoms with Gasteiger partial charge in [0.25, 0.3) is 5.91 Å². The Kier molecular flexibility index (Phi) is 9.17. The van der Waals surface area contributed by atoms with Gasteiger partial charge in [0.2, 0.25) is 17.9 Å². The lowest BCUT2D eigenvalue weighted by Crippen LogP contribution is -2.55. The van der Waals surface area contributed by atoms with Gasteiger partial charge in [0.05, 0.1) is 24.0 Å². The molecule has 11 heteroatoms. The maximum absolute atomic E-state index is 14.0. The first-order valence-corrected chi connectivity index (χ1v) is 14.8. The monoisotopic (exact) mass is 613 g/mol. The van der Waals surface area contributed by atoms with Gasteiger partial charge in [-0.1, -0.05) is 66.7 Å². The number of aliphatic carboxylic acids is 2. The van der Waals surface area contributed by atoms with E-state index in [-0.39, 0.29) is 30.7 Å². The smallest absolute Gasteiger partial charge is 0.338 e. The predicted molar refractivity (Wildman–Crippen MR) is 163 cm³/mol. The van der Waals surface area contributed by atoms with Crippen molar-refractivity contribution in [3.8, 4) is 5.75 Å². The molecule has 0 saturated carbocycles. The normalized spacial score (nSPS) is 19.7. The van der Waals surface area contributed by atoms with Gasteiger partial charge in [-0.25, -0.2) is 9.59 Å². The maximum Gasteiger partial charge on any atom is 0.338 e. The summed E-state index contributed by atoms with van der Waals surface area (Å²) in [5.41, 5.74) is 0.782. The number of likely N-dealkylation sites (tertiary alicyclic amines) is 1. The molecule has 0 radical (unpaired) electrons. The fourth-order valence-corrected chi connectivity index (χ4v) is 6.53. The van der Waals surface area contributed by atoms with Crippen LogP contribution in [-0.2, 0) is 24.6 Å². The number of hydrogen-bond donors (Lipinski definition) is 4. The fraction of sp³-hybridized carbons (Fsp3) is 0.324. The number of para-hydroxylation sites is 1. The van der Waals surface area contributed by atoms with Crippen molar-refractivity contribution in [2.75, 3.05) is 20.2 Å². The summed E-state index contributed by atoms with van der Waals surface area (Å²) < 4.78 is 5.31. The first-order chi connectivity index (χ1) is 21.7. The van der Waals surface area contributed by atoms with Crippen LogP contribution in [0.1, 0.15) is 58.6 Å². The number of rotatable bonds is 9. The summed E-state index contributed by atoms with van der Waals surface area (Å²) in [5, 5.41) is 24.2. The van der Waals surface area contributed by atoms with Gasteiger partial charge in [-0.15, -0.1) is 0 Å². The highest BCUT2D eigenvalue weighted by molar-refractivity contribution is 6.04. The Balaban J connectivity index is 1.37. The van der Waals surface area contributed by atoms with Crippen LogP contribution < -0.4 is 15.4 Å². The van der Waals surface area contributed by atoms with Crippen LogP contribution in [0.15, 0.2) is 78.9 Å². The van der Waals surface area contributed by atoms with Crippen LogP contribution in [0.5, 0.6) is 5.75 Å². The van der Waals surface area contributed by atoms with Crippen molar-refractivity contribution in [2.24, 2.45) is 0 Å². The molecule has 5 rings (SSSR count). The number of carboxylic acid groups (broad SMARTS) is 2. The molecule has 1 heterocycles. The summed E-state index contributed by atoms with van der Waals surface area (Å²) in [5.74, 6) is -4.51. The predicted octanol–water partition coefficient (Wildman–Crippen LogP) is 2.93. The molecule has 0 spiro atoms. The Morgan fingerprint density at radius 2 is 1.47 bits per heavy atom. The minimum atomic E-state index is -2.13. The number of amides is 3. The Morgan fingerprint density at radius 1 is 0.844 bits per heavy atom. The molecule has 0 unspecified atom stereocenters. The van der Waals surface area contributed by atoms with Crippen molar-refractivity contribution in [3.63, 3.8) is 0 Å². The number of carbonyl (C=O) groups is 5. The Hall–Kier alpha value is -5.19. The number of piperidine rings is 1. The molecule has 1 aliphatic heterocycles. The standard InChI is InChI=1S/C34H35N3O8/c1-45-27-14-8-6-12-25(27)29(38)35-22-16-19-37(20-17-22)30(39)24-15-18-34(21-9-3-2-4-10-21,26-13-7-5-11-23(24)26)33(44)36-28(31(40)41)32(42)43/h2-14,22,24,28H,15-20H2,1H3,(H,35,38)(H,36,44)(H,40,41)(H,42,43)/t24-,34+/m0/s1. The summed E-state index contributed by atoms with van der Waals surface area (Å²) in [6.07, 6.45) is 1.59. The summed E-state index contributed by atoms with van der Waals surface area (Å²) in [7, 11) is 1.51. The average molecular weight is 614 g/mol. The van der Waals surface area contributed by atoms with Gasteiger partial charge in [0, 0.05) is 19.1 Å². The fourth-order valence-electron chi connectivity index (χ4n) is 6.53. The third kappa shape index (κ3) is 6.11. The Bertz CT molecular complexity index is 1590. The molecular weight excluding hydrogens is 578 g/mol. The number of nitrogens with one attached hydrogen (secondary N) is 2. The van der Waals surface area contributed by atoms with Gasteiger partial charge in [0.15, 0.2) is 0 Å². The first-order valence-electron chi connectivity index (χ1n) is 14.8. The highest BCUT2D eigenvalue weighted by Crippen LogP contribution is 2.48. The number of hydrogen-bond acceptors (Lipinski definition) is 6. The zero-order chi connectivity index (χ0) is 32.1. The van der Waals surface area contributed by atoms with Crippen LogP contribution in [0.4, 0.5) is 0 Å². The molecular formula is C34H35N3O8. The second-order valence-electron chi connectivity index (χ2n) is 11.3. The van der Waals surface area contributed by atoms with Crippen LogP contribution in [0, 0.1) is 0 Å². The van der Waals surface area contributed by atoms with E-state index in [0.717, 1.165) is 0 Å². The minimum Gasteiger partial charge on any atom is -0.496 e. The second-order valence-corrected chi connectivity index (χ2v) is 11.3. The number of fused-ring (bicyclic) bond motifs is 1. The van der Waals surface area contributed by atoms with E-state index in [9.17, 15) is 34.2 Å². The lowest BCUT2D eigenvalue weighted by Gasteiger charge is -2.43. The molecule has 2 aliphatic rings. The molecule has 3 amide bonds. The summed E-state index contributed by atoms with van der Waals surface area (Å²) in [6.45, 7) is 0.884. The molecule has 0 aromatic heterocycles. The molecule has 11 nitrogen and oxygen atoms in total. The van der Waals surface area contributed by atoms with E-state index in [2.05, 4.69) is 10.6 Å². The van der Waals surface area contributed by atoms with E-state index >= 15 is 0 Å². The molecule has 1 fully saturated rings. The molecule has 0 bridgehead atoms.